The smallest absolute Gasteiger partial charge is 0.123 e. The molecule has 0 aliphatic heterocycles. The molecule has 19 heavy (non-hydrogen) atoms. The van der Waals surface area contributed by atoms with Gasteiger partial charge in [-0.1, -0.05) is 23.9 Å². The fourth-order valence-corrected chi connectivity index (χ4v) is 3.11. The third kappa shape index (κ3) is 3.37. The molecule has 0 fully saturated rings. The Hall–Kier alpha value is -1.32. The van der Waals surface area contributed by atoms with Crippen LogP contribution in [0.1, 0.15) is 29.7 Å². The first kappa shape index (κ1) is 14.1. The molecule has 0 heterocycles. The molecule has 2 aromatic rings. The minimum absolute atomic E-state index is 0.177. The highest BCUT2D eigenvalue weighted by atomic mass is 32.2. The minimum Gasteiger partial charge on any atom is -0.324 e. The molecule has 0 amide bonds. The SMILES string of the molecule is Cc1ccc(C)c(Sc2ccc(F)cc2C(C)N)c1. The highest BCUT2D eigenvalue weighted by Crippen LogP contribution is 2.35. The van der Waals surface area contributed by atoms with Crippen molar-refractivity contribution in [2.75, 3.05) is 0 Å². The lowest BCUT2D eigenvalue weighted by atomic mass is 10.1. The zero-order valence-corrected chi connectivity index (χ0v) is 12.2. The largest absolute Gasteiger partial charge is 0.324 e. The van der Waals surface area contributed by atoms with Gasteiger partial charge in [0, 0.05) is 15.8 Å². The van der Waals surface area contributed by atoms with Crippen molar-refractivity contribution in [1.29, 1.82) is 0 Å². The van der Waals surface area contributed by atoms with Crippen molar-refractivity contribution in [2.45, 2.75) is 36.6 Å². The summed E-state index contributed by atoms with van der Waals surface area (Å²) >= 11 is 1.65. The van der Waals surface area contributed by atoms with Gasteiger partial charge in [-0.05, 0) is 61.7 Å². The molecule has 0 aliphatic carbocycles. The number of aryl methyl sites for hydroxylation is 2. The van der Waals surface area contributed by atoms with Crippen LogP contribution in [0.25, 0.3) is 0 Å². The van der Waals surface area contributed by atoms with Gasteiger partial charge in [-0.3, -0.25) is 0 Å². The summed E-state index contributed by atoms with van der Waals surface area (Å²) in [6.45, 7) is 6.03. The number of hydrogen-bond acceptors (Lipinski definition) is 2. The second-order valence-corrected chi connectivity index (χ2v) is 5.93. The zero-order valence-electron chi connectivity index (χ0n) is 11.4. The fourth-order valence-electron chi connectivity index (χ4n) is 1.90. The van der Waals surface area contributed by atoms with Crippen molar-refractivity contribution in [3.8, 4) is 0 Å². The van der Waals surface area contributed by atoms with Crippen LogP contribution < -0.4 is 5.73 Å². The first-order valence-corrected chi connectivity index (χ1v) is 7.09. The molecular formula is C16H18FNS. The highest BCUT2D eigenvalue weighted by molar-refractivity contribution is 7.99. The summed E-state index contributed by atoms with van der Waals surface area (Å²) in [6, 6.07) is 11.0. The molecule has 0 radical (unpaired) electrons. The van der Waals surface area contributed by atoms with Crippen LogP contribution in [0.15, 0.2) is 46.2 Å². The van der Waals surface area contributed by atoms with Gasteiger partial charge in [0.1, 0.15) is 5.82 Å². The van der Waals surface area contributed by atoms with Crippen LogP contribution in [0.3, 0.4) is 0 Å². The van der Waals surface area contributed by atoms with Crippen LogP contribution in [0.5, 0.6) is 0 Å². The summed E-state index contributed by atoms with van der Waals surface area (Å²) < 4.78 is 13.3. The van der Waals surface area contributed by atoms with E-state index in [-0.39, 0.29) is 11.9 Å². The van der Waals surface area contributed by atoms with E-state index in [1.54, 1.807) is 17.8 Å². The standard InChI is InChI=1S/C16H18FNS/c1-10-4-5-11(2)16(8-10)19-15-7-6-13(17)9-14(15)12(3)18/h4-9,12H,18H2,1-3H3. The Kier molecular flexibility index (Phi) is 4.27. The van der Waals surface area contributed by atoms with Crippen molar-refractivity contribution in [3.63, 3.8) is 0 Å². The predicted octanol–water partition coefficient (Wildman–Crippen LogP) is 4.61. The van der Waals surface area contributed by atoms with Crippen LogP contribution in [-0.4, -0.2) is 0 Å². The van der Waals surface area contributed by atoms with E-state index in [2.05, 4.69) is 32.0 Å². The molecule has 0 aromatic heterocycles. The number of nitrogens with two attached hydrogens (primary N) is 1. The molecule has 100 valence electrons. The first-order valence-electron chi connectivity index (χ1n) is 6.27. The van der Waals surface area contributed by atoms with Crippen LogP contribution in [-0.2, 0) is 0 Å². The van der Waals surface area contributed by atoms with Gasteiger partial charge in [0.25, 0.3) is 0 Å². The zero-order chi connectivity index (χ0) is 14.0. The highest BCUT2D eigenvalue weighted by Gasteiger charge is 2.11. The maximum absolute atomic E-state index is 13.3. The average molecular weight is 275 g/mol. The first-order chi connectivity index (χ1) is 8.97. The Morgan fingerprint density at radius 3 is 2.47 bits per heavy atom. The van der Waals surface area contributed by atoms with Gasteiger partial charge in [-0.25, -0.2) is 4.39 Å². The maximum atomic E-state index is 13.3. The molecule has 0 saturated heterocycles. The van der Waals surface area contributed by atoms with E-state index in [9.17, 15) is 4.39 Å². The lowest BCUT2D eigenvalue weighted by molar-refractivity contribution is 0.619. The molecule has 1 nitrogen and oxygen atoms in total. The Labute approximate surface area is 118 Å². The van der Waals surface area contributed by atoms with Crippen molar-refractivity contribution >= 4 is 11.8 Å². The van der Waals surface area contributed by atoms with Gasteiger partial charge in [0.15, 0.2) is 0 Å². The summed E-state index contributed by atoms with van der Waals surface area (Å²) in [6.07, 6.45) is 0. The molecule has 2 aromatic carbocycles. The van der Waals surface area contributed by atoms with E-state index in [1.807, 2.05) is 6.92 Å². The lowest BCUT2D eigenvalue weighted by Gasteiger charge is -2.14. The van der Waals surface area contributed by atoms with Crippen LogP contribution in [0.4, 0.5) is 4.39 Å². The lowest BCUT2D eigenvalue weighted by Crippen LogP contribution is -2.06. The average Bonchev–Trinajstić information content (AvgIpc) is 2.35. The van der Waals surface area contributed by atoms with E-state index < -0.39 is 0 Å². The van der Waals surface area contributed by atoms with Crippen molar-refractivity contribution in [3.05, 3.63) is 58.9 Å². The summed E-state index contributed by atoms with van der Waals surface area (Å²) in [4.78, 5) is 2.21. The monoisotopic (exact) mass is 275 g/mol. The maximum Gasteiger partial charge on any atom is 0.123 e. The quantitative estimate of drug-likeness (QED) is 0.885. The molecule has 1 unspecified atom stereocenters. The molecule has 1 atom stereocenters. The number of benzene rings is 2. The van der Waals surface area contributed by atoms with Gasteiger partial charge in [0.2, 0.25) is 0 Å². The molecule has 2 rings (SSSR count). The Bertz CT molecular complexity index is 593. The van der Waals surface area contributed by atoms with E-state index in [1.165, 1.54) is 28.2 Å². The Morgan fingerprint density at radius 2 is 1.79 bits per heavy atom. The summed E-state index contributed by atoms with van der Waals surface area (Å²) in [5.74, 6) is -0.238. The van der Waals surface area contributed by atoms with Crippen LogP contribution in [0.2, 0.25) is 0 Å². The number of halogens is 1. The van der Waals surface area contributed by atoms with Crippen LogP contribution >= 0.6 is 11.8 Å². The van der Waals surface area contributed by atoms with E-state index in [0.717, 1.165) is 10.5 Å². The third-order valence-corrected chi connectivity index (χ3v) is 4.28. The molecule has 0 saturated carbocycles. The molecule has 0 aliphatic rings. The van der Waals surface area contributed by atoms with Gasteiger partial charge in [-0.15, -0.1) is 0 Å². The van der Waals surface area contributed by atoms with Gasteiger partial charge in [-0.2, -0.15) is 0 Å². The normalized spacial score (nSPS) is 12.5. The van der Waals surface area contributed by atoms with E-state index >= 15 is 0 Å². The van der Waals surface area contributed by atoms with Gasteiger partial charge < -0.3 is 5.73 Å². The Balaban J connectivity index is 2.40. The predicted molar refractivity (Wildman–Crippen MR) is 79.0 cm³/mol. The molecule has 2 N–H and O–H groups in total. The molecular weight excluding hydrogens is 257 g/mol. The summed E-state index contributed by atoms with van der Waals surface area (Å²) in [5.41, 5.74) is 9.22. The van der Waals surface area contributed by atoms with E-state index in [4.69, 9.17) is 5.73 Å². The van der Waals surface area contributed by atoms with Crippen LogP contribution in [0, 0.1) is 19.7 Å². The minimum atomic E-state index is -0.238. The second-order valence-electron chi connectivity index (χ2n) is 4.84. The number of rotatable bonds is 3. The second kappa shape index (κ2) is 5.76. The molecule has 0 bridgehead atoms. The third-order valence-electron chi connectivity index (χ3n) is 3.03. The fraction of sp³-hybridized carbons (Fsp3) is 0.250. The Morgan fingerprint density at radius 1 is 1.05 bits per heavy atom. The van der Waals surface area contributed by atoms with Gasteiger partial charge >= 0.3 is 0 Å². The van der Waals surface area contributed by atoms with E-state index in [0.29, 0.717) is 0 Å². The molecule has 0 spiro atoms. The van der Waals surface area contributed by atoms with Gasteiger partial charge in [0.05, 0.1) is 0 Å². The topological polar surface area (TPSA) is 26.0 Å². The molecule has 3 heteroatoms. The van der Waals surface area contributed by atoms with Crippen molar-refractivity contribution in [2.24, 2.45) is 5.73 Å². The van der Waals surface area contributed by atoms with Crippen molar-refractivity contribution in [1.82, 2.24) is 0 Å². The summed E-state index contributed by atoms with van der Waals surface area (Å²) in [5, 5.41) is 0. The van der Waals surface area contributed by atoms with Crippen molar-refractivity contribution < 1.29 is 4.39 Å². The summed E-state index contributed by atoms with van der Waals surface area (Å²) in [7, 11) is 0. The number of hydrogen-bond donors (Lipinski definition) is 1.